The Balaban J connectivity index is 1.39. The number of aromatic nitrogens is 1. The summed E-state index contributed by atoms with van der Waals surface area (Å²) in [4.78, 5) is 21.5. The highest BCUT2D eigenvalue weighted by molar-refractivity contribution is 5.94. The third-order valence-corrected chi connectivity index (χ3v) is 5.83. The molecule has 4 rings (SSSR count). The lowest BCUT2D eigenvalue weighted by atomic mass is 9.90. The molecule has 0 radical (unpaired) electrons. The average molecular weight is 329 g/mol. The van der Waals surface area contributed by atoms with Crippen LogP contribution in [0.25, 0.3) is 0 Å². The molecule has 2 aliphatic heterocycles. The van der Waals surface area contributed by atoms with Crippen molar-refractivity contribution in [3.8, 4) is 5.88 Å². The molecule has 1 amide bonds. The van der Waals surface area contributed by atoms with E-state index in [1.807, 2.05) is 24.0 Å². The highest BCUT2D eigenvalue weighted by Crippen LogP contribution is 2.28. The van der Waals surface area contributed by atoms with E-state index in [1.165, 1.54) is 19.3 Å². The third-order valence-electron chi connectivity index (χ3n) is 5.83. The van der Waals surface area contributed by atoms with Gasteiger partial charge in [0.25, 0.3) is 5.91 Å². The number of pyridine rings is 1. The molecule has 0 unspecified atom stereocenters. The fraction of sp³-hybridized carbons (Fsp3) is 0.684. The van der Waals surface area contributed by atoms with E-state index in [2.05, 4.69) is 9.88 Å². The Morgan fingerprint density at radius 2 is 1.96 bits per heavy atom. The predicted octanol–water partition coefficient (Wildman–Crippen LogP) is 2.50. The zero-order chi connectivity index (χ0) is 16.5. The van der Waals surface area contributed by atoms with E-state index in [4.69, 9.17) is 4.74 Å². The Bertz CT molecular complexity index is 607. The van der Waals surface area contributed by atoms with Crippen molar-refractivity contribution in [3.05, 3.63) is 23.4 Å². The van der Waals surface area contributed by atoms with Gasteiger partial charge in [0.2, 0.25) is 5.88 Å². The summed E-state index contributed by atoms with van der Waals surface area (Å²) < 4.78 is 6.11. The van der Waals surface area contributed by atoms with E-state index in [0.29, 0.717) is 11.6 Å². The number of likely N-dealkylation sites (N-methyl/N-ethyl adjacent to an activating group) is 1. The Labute approximate surface area is 144 Å². The van der Waals surface area contributed by atoms with Crippen molar-refractivity contribution in [1.82, 2.24) is 14.8 Å². The van der Waals surface area contributed by atoms with Gasteiger partial charge in [-0.1, -0.05) is 12.5 Å². The summed E-state index contributed by atoms with van der Waals surface area (Å²) in [6, 6.07) is 4.78. The van der Waals surface area contributed by atoms with E-state index in [1.54, 1.807) is 0 Å². The lowest BCUT2D eigenvalue weighted by Crippen LogP contribution is -2.46. The SMILES string of the molecule is CCN1CCc2ccc(OC3CCN(C4CCC4)CC3)nc2C1=O. The van der Waals surface area contributed by atoms with E-state index >= 15 is 0 Å². The third kappa shape index (κ3) is 3.02. The maximum atomic E-state index is 12.5. The molecule has 0 N–H and O–H groups in total. The van der Waals surface area contributed by atoms with Crippen LogP contribution in [-0.4, -0.2) is 59.0 Å². The summed E-state index contributed by atoms with van der Waals surface area (Å²) >= 11 is 0. The van der Waals surface area contributed by atoms with Crippen LogP contribution >= 0.6 is 0 Å². The van der Waals surface area contributed by atoms with E-state index in [-0.39, 0.29) is 12.0 Å². The molecule has 0 atom stereocenters. The van der Waals surface area contributed by atoms with Gasteiger partial charge in [0.05, 0.1) is 0 Å². The standard InChI is InChI=1S/C19H27N3O2/c1-2-21-11-8-14-6-7-17(20-18(14)19(21)23)24-16-9-12-22(13-10-16)15-4-3-5-15/h6-7,15-16H,2-5,8-13H2,1H3. The first-order chi connectivity index (χ1) is 11.7. The average Bonchev–Trinajstić information content (AvgIpc) is 2.56. The number of carbonyl (C=O) groups is 1. The molecule has 3 heterocycles. The van der Waals surface area contributed by atoms with Gasteiger partial charge in [0.15, 0.2) is 0 Å². The molecular formula is C19H27N3O2. The fourth-order valence-electron chi connectivity index (χ4n) is 4.01. The molecule has 24 heavy (non-hydrogen) atoms. The normalized spacial score (nSPS) is 23.0. The Kier molecular flexibility index (Phi) is 4.44. The number of hydrogen-bond acceptors (Lipinski definition) is 4. The van der Waals surface area contributed by atoms with Gasteiger partial charge < -0.3 is 14.5 Å². The van der Waals surface area contributed by atoms with Gasteiger partial charge in [-0.15, -0.1) is 0 Å². The van der Waals surface area contributed by atoms with Crippen molar-refractivity contribution in [3.63, 3.8) is 0 Å². The zero-order valence-electron chi connectivity index (χ0n) is 14.5. The number of rotatable bonds is 4. The number of piperidine rings is 1. The minimum atomic E-state index is 0.0454. The molecule has 5 heteroatoms. The van der Waals surface area contributed by atoms with E-state index in [9.17, 15) is 4.79 Å². The van der Waals surface area contributed by atoms with Gasteiger partial charge in [0.1, 0.15) is 11.8 Å². The van der Waals surface area contributed by atoms with Gasteiger partial charge in [-0.25, -0.2) is 4.98 Å². The van der Waals surface area contributed by atoms with Gasteiger partial charge >= 0.3 is 0 Å². The summed E-state index contributed by atoms with van der Waals surface area (Å²) in [5.41, 5.74) is 1.64. The number of likely N-dealkylation sites (tertiary alicyclic amines) is 1. The van der Waals surface area contributed by atoms with Crippen molar-refractivity contribution in [2.45, 2.75) is 57.6 Å². The van der Waals surface area contributed by atoms with Crippen LogP contribution in [0.4, 0.5) is 0 Å². The predicted molar refractivity (Wildman–Crippen MR) is 92.4 cm³/mol. The molecule has 1 aromatic heterocycles. The number of nitrogens with zero attached hydrogens (tertiary/aromatic N) is 3. The lowest BCUT2D eigenvalue weighted by molar-refractivity contribution is 0.0471. The summed E-state index contributed by atoms with van der Waals surface area (Å²) in [5.74, 6) is 0.658. The van der Waals surface area contributed by atoms with Gasteiger partial charge in [0, 0.05) is 38.3 Å². The summed E-state index contributed by atoms with van der Waals surface area (Å²) in [6.45, 7) is 5.80. The van der Waals surface area contributed by atoms with Crippen molar-refractivity contribution < 1.29 is 9.53 Å². The molecule has 1 saturated carbocycles. The van der Waals surface area contributed by atoms with Gasteiger partial charge in [-0.05, 0) is 44.6 Å². The Hall–Kier alpha value is -1.62. The zero-order valence-corrected chi connectivity index (χ0v) is 14.5. The quantitative estimate of drug-likeness (QED) is 0.851. The first-order valence-corrected chi connectivity index (χ1v) is 9.44. The molecule has 3 aliphatic rings. The lowest BCUT2D eigenvalue weighted by Gasteiger charge is -2.41. The highest BCUT2D eigenvalue weighted by Gasteiger charge is 2.30. The smallest absolute Gasteiger partial charge is 0.272 e. The summed E-state index contributed by atoms with van der Waals surface area (Å²) in [6.07, 6.45) is 7.37. The topological polar surface area (TPSA) is 45.7 Å². The monoisotopic (exact) mass is 329 g/mol. The van der Waals surface area contributed by atoms with Crippen molar-refractivity contribution in [2.24, 2.45) is 0 Å². The molecule has 1 saturated heterocycles. The van der Waals surface area contributed by atoms with Crippen LogP contribution in [-0.2, 0) is 6.42 Å². The molecule has 0 bridgehead atoms. The molecule has 1 aromatic rings. The van der Waals surface area contributed by atoms with Gasteiger partial charge in [-0.3, -0.25) is 4.79 Å². The molecule has 1 aliphatic carbocycles. The fourth-order valence-corrected chi connectivity index (χ4v) is 4.01. The molecule has 0 aromatic carbocycles. The van der Waals surface area contributed by atoms with Crippen LogP contribution in [0.2, 0.25) is 0 Å². The number of amides is 1. The second-order valence-electron chi connectivity index (χ2n) is 7.23. The maximum Gasteiger partial charge on any atom is 0.272 e. The van der Waals surface area contributed by atoms with Crippen molar-refractivity contribution in [1.29, 1.82) is 0 Å². The summed E-state index contributed by atoms with van der Waals surface area (Å²) in [5, 5.41) is 0. The molecule has 2 fully saturated rings. The number of fused-ring (bicyclic) bond motifs is 1. The Morgan fingerprint density at radius 1 is 1.17 bits per heavy atom. The second-order valence-corrected chi connectivity index (χ2v) is 7.23. The van der Waals surface area contributed by atoms with E-state index in [0.717, 1.165) is 57.0 Å². The molecule has 0 spiro atoms. The highest BCUT2D eigenvalue weighted by atomic mass is 16.5. The minimum Gasteiger partial charge on any atom is -0.474 e. The summed E-state index contributed by atoms with van der Waals surface area (Å²) in [7, 11) is 0. The second kappa shape index (κ2) is 6.71. The van der Waals surface area contributed by atoms with Gasteiger partial charge in [-0.2, -0.15) is 0 Å². The van der Waals surface area contributed by atoms with Crippen LogP contribution in [0.5, 0.6) is 5.88 Å². The largest absolute Gasteiger partial charge is 0.474 e. The van der Waals surface area contributed by atoms with Crippen LogP contribution in [0.15, 0.2) is 12.1 Å². The van der Waals surface area contributed by atoms with Crippen LogP contribution in [0.1, 0.15) is 55.1 Å². The van der Waals surface area contributed by atoms with Crippen molar-refractivity contribution in [2.75, 3.05) is 26.2 Å². The van der Waals surface area contributed by atoms with Crippen LogP contribution < -0.4 is 4.74 Å². The van der Waals surface area contributed by atoms with E-state index < -0.39 is 0 Å². The number of carbonyl (C=O) groups excluding carboxylic acids is 1. The minimum absolute atomic E-state index is 0.0454. The first kappa shape index (κ1) is 15.9. The molecule has 130 valence electrons. The number of ether oxygens (including phenoxy) is 1. The van der Waals surface area contributed by atoms with Crippen LogP contribution in [0, 0.1) is 0 Å². The van der Waals surface area contributed by atoms with Crippen molar-refractivity contribution >= 4 is 5.91 Å². The number of hydrogen-bond donors (Lipinski definition) is 0. The molecular weight excluding hydrogens is 302 g/mol. The molecule has 5 nitrogen and oxygen atoms in total. The first-order valence-electron chi connectivity index (χ1n) is 9.44. The van der Waals surface area contributed by atoms with Crippen LogP contribution in [0.3, 0.4) is 0 Å². The maximum absolute atomic E-state index is 12.5. The Morgan fingerprint density at radius 3 is 2.62 bits per heavy atom.